The Morgan fingerprint density at radius 2 is 1.66 bits per heavy atom. The van der Waals surface area contributed by atoms with E-state index < -0.39 is 34.8 Å². The monoisotopic (exact) mass is 515 g/mol. The van der Waals surface area contributed by atoms with Crippen LogP contribution in [0.4, 0.5) is 17.1 Å². The average Bonchev–Trinajstić information content (AvgIpc) is 3.45. The molecule has 9 nitrogen and oxygen atoms in total. The minimum absolute atomic E-state index is 0.0992. The van der Waals surface area contributed by atoms with E-state index >= 15 is 0 Å². The number of hydrogen-bond donors (Lipinski definition) is 0. The topological polar surface area (TPSA) is 102 Å². The van der Waals surface area contributed by atoms with Crippen LogP contribution in [0.3, 0.4) is 0 Å². The van der Waals surface area contributed by atoms with E-state index in [1.807, 2.05) is 18.2 Å². The number of amides is 2. The number of nitrogens with zero attached hydrogens (tertiary/aromatic N) is 3. The van der Waals surface area contributed by atoms with Crippen LogP contribution >= 0.6 is 0 Å². The van der Waals surface area contributed by atoms with Gasteiger partial charge in [-0.05, 0) is 48.4 Å². The van der Waals surface area contributed by atoms with Gasteiger partial charge in [0.25, 0.3) is 11.6 Å². The second kappa shape index (κ2) is 11.0. The maximum atomic E-state index is 13.8. The van der Waals surface area contributed by atoms with Crippen molar-refractivity contribution in [2.75, 3.05) is 16.6 Å². The predicted octanol–water partition coefficient (Wildman–Crippen LogP) is 5.61. The largest absolute Gasteiger partial charge is 0.494 e. The molecule has 2 saturated heterocycles. The summed E-state index contributed by atoms with van der Waals surface area (Å²) in [6, 6.07) is 21.4. The van der Waals surface area contributed by atoms with Crippen molar-refractivity contribution in [3.63, 3.8) is 0 Å². The van der Waals surface area contributed by atoms with Gasteiger partial charge in [-0.3, -0.25) is 24.5 Å². The zero-order valence-corrected chi connectivity index (χ0v) is 21.1. The molecule has 2 amide bonds. The first-order valence-corrected chi connectivity index (χ1v) is 12.9. The van der Waals surface area contributed by atoms with Crippen LogP contribution < -0.4 is 14.7 Å². The molecule has 0 aromatic heterocycles. The number of hydrogen-bond acceptors (Lipinski definition) is 7. The number of nitro benzene ring substituents is 1. The van der Waals surface area contributed by atoms with Crippen LogP contribution in [-0.2, 0) is 14.4 Å². The van der Waals surface area contributed by atoms with Crippen LogP contribution in [0.15, 0.2) is 78.9 Å². The number of benzene rings is 3. The van der Waals surface area contributed by atoms with E-state index in [-0.39, 0.29) is 5.69 Å². The third kappa shape index (κ3) is 4.84. The van der Waals surface area contributed by atoms with E-state index in [1.54, 1.807) is 48.5 Å². The molecule has 3 aromatic carbocycles. The number of ether oxygens (including phenoxy) is 1. The molecule has 0 unspecified atom stereocenters. The van der Waals surface area contributed by atoms with Gasteiger partial charge in [0.1, 0.15) is 11.7 Å². The molecule has 2 heterocycles. The van der Waals surface area contributed by atoms with Crippen molar-refractivity contribution in [1.29, 1.82) is 0 Å². The second-order valence-electron chi connectivity index (χ2n) is 9.42. The summed E-state index contributed by atoms with van der Waals surface area (Å²) in [4.78, 5) is 45.5. The van der Waals surface area contributed by atoms with Crippen LogP contribution in [0.25, 0.3) is 0 Å². The number of fused-ring (bicyclic) bond motifs is 1. The Kier molecular flexibility index (Phi) is 7.37. The number of rotatable bonds is 10. The summed E-state index contributed by atoms with van der Waals surface area (Å²) < 4.78 is 5.79. The molecule has 38 heavy (non-hydrogen) atoms. The van der Waals surface area contributed by atoms with Crippen molar-refractivity contribution in [1.82, 2.24) is 0 Å². The lowest BCUT2D eigenvalue weighted by molar-refractivity contribution is -0.384. The number of anilines is 2. The van der Waals surface area contributed by atoms with E-state index in [9.17, 15) is 19.7 Å². The minimum atomic E-state index is -1.05. The zero-order valence-electron chi connectivity index (χ0n) is 21.1. The molecule has 0 bridgehead atoms. The van der Waals surface area contributed by atoms with Crippen molar-refractivity contribution in [3.05, 3.63) is 94.5 Å². The number of imide groups is 1. The first kappa shape index (κ1) is 25.4. The van der Waals surface area contributed by atoms with Crippen LogP contribution in [0.5, 0.6) is 5.75 Å². The van der Waals surface area contributed by atoms with Gasteiger partial charge in [0.2, 0.25) is 5.91 Å². The summed E-state index contributed by atoms with van der Waals surface area (Å²) in [7, 11) is 0. The highest BCUT2D eigenvalue weighted by molar-refractivity contribution is 6.23. The van der Waals surface area contributed by atoms with E-state index in [4.69, 9.17) is 9.57 Å². The lowest BCUT2D eigenvalue weighted by atomic mass is 9.90. The van der Waals surface area contributed by atoms with E-state index in [1.165, 1.54) is 23.6 Å². The van der Waals surface area contributed by atoms with Gasteiger partial charge in [-0.15, -0.1) is 0 Å². The van der Waals surface area contributed by atoms with Gasteiger partial charge in [-0.2, -0.15) is 0 Å². The third-order valence-electron chi connectivity index (χ3n) is 6.91. The maximum absolute atomic E-state index is 13.8. The smallest absolute Gasteiger partial charge is 0.269 e. The summed E-state index contributed by atoms with van der Waals surface area (Å²) in [5, 5.41) is 13.0. The normalized spacial score (nSPS) is 20.6. The molecule has 196 valence electrons. The molecule has 2 aliphatic heterocycles. The fourth-order valence-corrected chi connectivity index (χ4v) is 5.04. The molecule has 2 fully saturated rings. The molecule has 9 heteroatoms. The molecule has 0 N–H and O–H groups in total. The molecule has 3 aromatic rings. The summed E-state index contributed by atoms with van der Waals surface area (Å²) >= 11 is 0. The average molecular weight is 516 g/mol. The summed E-state index contributed by atoms with van der Waals surface area (Å²) in [6.45, 7) is 2.77. The summed E-state index contributed by atoms with van der Waals surface area (Å²) in [6.07, 6.45) is 3.35. The number of nitro groups is 1. The maximum Gasteiger partial charge on any atom is 0.269 e. The second-order valence-corrected chi connectivity index (χ2v) is 9.42. The Bertz CT molecular complexity index is 1310. The quantitative estimate of drug-likeness (QED) is 0.150. The highest BCUT2D eigenvalue weighted by atomic mass is 16.7. The lowest BCUT2D eigenvalue weighted by Crippen LogP contribution is -2.37. The summed E-state index contributed by atoms with van der Waals surface area (Å²) in [5.41, 5.74) is 1.50. The van der Waals surface area contributed by atoms with Crippen LogP contribution in [0, 0.1) is 16.0 Å². The van der Waals surface area contributed by atoms with E-state index in [0.29, 0.717) is 29.3 Å². The molecule has 0 aliphatic carbocycles. The molecule has 5 rings (SSSR count). The van der Waals surface area contributed by atoms with Crippen molar-refractivity contribution < 1.29 is 24.1 Å². The van der Waals surface area contributed by atoms with E-state index in [2.05, 4.69) is 6.92 Å². The Labute approximate surface area is 220 Å². The molecule has 2 aliphatic rings. The number of hydroxylamine groups is 1. The number of para-hydroxylation sites is 1. The SMILES string of the molecule is CCCCCCOc1ccc(N2C(=O)[C@@H]3[C@H](ON(c4ccccc4)[C@H]3c3cccc([N+](=O)[O-])c3)C2=O)cc1. The number of carbonyl (C=O) groups excluding carboxylic acids is 2. The fourth-order valence-electron chi connectivity index (χ4n) is 5.04. The third-order valence-corrected chi connectivity index (χ3v) is 6.91. The Morgan fingerprint density at radius 3 is 2.37 bits per heavy atom. The van der Waals surface area contributed by atoms with Crippen LogP contribution in [0.1, 0.15) is 44.2 Å². The highest BCUT2D eigenvalue weighted by Crippen LogP contribution is 2.48. The van der Waals surface area contributed by atoms with E-state index in [0.717, 1.165) is 24.2 Å². The molecule has 0 saturated carbocycles. The van der Waals surface area contributed by atoms with Crippen LogP contribution in [0.2, 0.25) is 0 Å². The van der Waals surface area contributed by atoms with Crippen molar-refractivity contribution in [3.8, 4) is 5.75 Å². The van der Waals surface area contributed by atoms with Gasteiger partial charge < -0.3 is 4.74 Å². The van der Waals surface area contributed by atoms with Gasteiger partial charge in [-0.1, -0.05) is 56.5 Å². The molecule has 0 radical (unpaired) electrons. The first-order valence-electron chi connectivity index (χ1n) is 12.9. The number of carbonyl (C=O) groups is 2. The molecule has 0 spiro atoms. The Hall–Kier alpha value is -4.24. The van der Waals surface area contributed by atoms with Crippen molar-refractivity contribution >= 4 is 28.9 Å². The molecular formula is C29H29N3O6. The Morgan fingerprint density at radius 1 is 0.895 bits per heavy atom. The molecular weight excluding hydrogens is 486 g/mol. The van der Waals surface area contributed by atoms with Gasteiger partial charge in [0.15, 0.2) is 6.10 Å². The van der Waals surface area contributed by atoms with Gasteiger partial charge >= 0.3 is 0 Å². The number of non-ortho nitro benzene ring substituents is 1. The van der Waals surface area contributed by atoms with Gasteiger partial charge in [-0.25, -0.2) is 9.96 Å². The molecule has 3 atom stereocenters. The minimum Gasteiger partial charge on any atom is -0.494 e. The zero-order chi connectivity index (χ0) is 26.6. The first-order chi connectivity index (χ1) is 18.5. The van der Waals surface area contributed by atoms with Gasteiger partial charge in [0.05, 0.1) is 28.9 Å². The summed E-state index contributed by atoms with van der Waals surface area (Å²) in [5.74, 6) is -1.09. The standard InChI is InChI=1S/C29H29N3O6/c1-2-3-4-8-18-37-24-16-14-21(15-17-24)30-28(33)25-26(20-10-9-13-23(19-20)32(35)36)31(38-27(25)29(30)34)22-11-6-5-7-12-22/h5-7,9-17,19,25-27H,2-4,8,18H2,1H3/t25-,26-,27-/m0/s1. The van der Waals surface area contributed by atoms with Crippen LogP contribution in [-0.4, -0.2) is 29.4 Å². The van der Waals surface area contributed by atoms with Crippen molar-refractivity contribution in [2.24, 2.45) is 5.92 Å². The predicted molar refractivity (Wildman–Crippen MR) is 142 cm³/mol. The Balaban J connectivity index is 1.41. The highest BCUT2D eigenvalue weighted by Gasteiger charge is 2.60. The fraction of sp³-hybridized carbons (Fsp3) is 0.310. The van der Waals surface area contributed by atoms with Crippen molar-refractivity contribution in [2.45, 2.75) is 44.8 Å². The van der Waals surface area contributed by atoms with Gasteiger partial charge in [0, 0.05) is 12.1 Å². The number of unbranched alkanes of at least 4 members (excludes halogenated alkanes) is 3. The lowest BCUT2D eigenvalue weighted by Gasteiger charge is -2.28.